The van der Waals surface area contributed by atoms with E-state index in [1.807, 2.05) is 48.5 Å². The monoisotopic (exact) mass is 517 g/mol. The Morgan fingerprint density at radius 3 is 2.49 bits per heavy atom. The number of nitrogens with zero attached hydrogens (tertiary/aromatic N) is 2. The summed E-state index contributed by atoms with van der Waals surface area (Å²) in [6.07, 6.45) is 4.97. The Hall–Kier alpha value is -3.38. The fourth-order valence-corrected chi connectivity index (χ4v) is 5.62. The van der Waals surface area contributed by atoms with Gasteiger partial charge in [0.15, 0.2) is 0 Å². The third-order valence-electron chi connectivity index (χ3n) is 7.56. The largest absolute Gasteiger partial charge is 0.352 e. The summed E-state index contributed by atoms with van der Waals surface area (Å²) in [5.41, 5.74) is 2.52. The van der Waals surface area contributed by atoms with E-state index >= 15 is 0 Å². The van der Waals surface area contributed by atoms with Crippen LogP contribution in [0.25, 0.3) is 10.8 Å². The van der Waals surface area contributed by atoms with Crippen LogP contribution in [0.1, 0.15) is 61.4 Å². The van der Waals surface area contributed by atoms with Crippen molar-refractivity contribution < 1.29 is 14.4 Å². The van der Waals surface area contributed by atoms with Gasteiger partial charge in [0.05, 0.1) is 5.69 Å². The number of nitrogens with one attached hydrogen (secondary N) is 1. The molecule has 1 fully saturated rings. The lowest BCUT2D eigenvalue weighted by atomic mass is 10.1. The fraction of sp³-hybridized carbons (Fsp3) is 0.367. The third kappa shape index (κ3) is 5.35. The number of rotatable bonds is 9. The molecule has 6 nitrogen and oxygen atoms in total. The van der Waals surface area contributed by atoms with Crippen LogP contribution in [0.4, 0.5) is 5.69 Å². The Labute approximate surface area is 222 Å². The summed E-state index contributed by atoms with van der Waals surface area (Å²) in [4.78, 5) is 43.0. The first-order chi connectivity index (χ1) is 17.9. The van der Waals surface area contributed by atoms with Gasteiger partial charge in [0.1, 0.15) is 6.04 Å². The minimum Gasteiger partial charge on any atom is -0.352 e. The Balaban J connectivity index is 1.27. The van der Waals surface area contributed by atoms with Crippen LogP contribution in [0.15, 0.2) is 60.7 Å². The topological polar surface area (TPSA) is 69.7 Å². The number of anilines is 1. The van der Waals surface area contributed by atoms with Gasteiger partial charge in [-0.3, -0.25) is 14.4 Å². The molecule has 5 rings (SSSR count). The zero-order valence-corrected chi connectivity index (χ0v) is 21.8. The molecule has 1 aliphatic carbocycles. The second-order valence-electron chi connectivity index (χ2n) is 10.1. The molecular weight excluding hydrogens is 486 g/mol. The van der Waals surface area contributed by atoms with E-state index in [1.54, 1.807) is 28.9 Å². The van der Waals surface area contributed by atoms with Crippen LogP contribution in [0.5, 0.6) is 0 Å². The summed E-state index contributed by atoms with van der Waals surface area (Å²) in [6.45, 7) is 2.55. The number of carbonyl (C=O) groups is 3. The van der Waals surface area contributed by atoms with Gasteiger partial charge in [-0.1, -0.05) is 60.8 Å². The van der Waals surface area contributed by atoms with Crippen molar-refractivity contribution in [1.82, 2.24) is 10.2 Å². The normalized spacial score (nSPS) is 15.8. The van der Waals surface area contributed by atoms with Crippen molar-refractivity contribution in [3.63, 3.8) is 0 Å². The maximum absolute atomic E-state index is 13.5. The van der Waals surface area contributed by atoms with Crippen molar-refractivity contribution >= 4 is 45.8 Å². The molecule has 0 spiro atoms. The highest BCUT2D eigenvalue weighted by molar-refractivity contribution is 6.30. The summed E-state index contributed by atoms with van der Waals surface area (Å²) in [5.74, 6) is -0.251. The van der Waals surface area contributed by atoms with Gasteiger partial charge >= 0.3 is 0 Å². The summed E-state index contributed by atoms with van der Waals surface area (Å²) in [6, 6.07) is 18.6. The molecule has 3 aromatic carbocycles. The van der Waals surface area contributed by atoms with Gasteiger partial charge < -0.3 is 15.1 Å². The molecular formula is C30H32ClN3O3. The molecule has 1 heterocycles. The molecule has 2 aliphatic rings. The van der Waals surface area contributed by atoms with Crippen LogP contribution in [0.2, 0.25) is 5.02 Å². The first-order valence-corrected chi connectivity index (χ1v) is 13.5. The molecule has 1 aliphatic heterocycles. The number of carbonyl (C=O) groups excluding carboxylic acids is 3. The van der Waals surface area contributed by atoms with Gasteiger partial charge in [0.2, 0.25) is 11.8 Å². The molecule has 3 aromatic rings. The van der Waals surface area contributed by atoms with Gasteiger partial charge in [0.25, 0.3) is 5.91 Å². The van der Waals surface area contributed by atoms with Crippen molar-refractivity contribution in [3.8, 4) is 0 Å². The van der Waals surface area contributed by atoms with E-state index in [1.165, 1.54) is 0 Å². The van der Waals surface area contributed by atoms with Gasteiger partial charge in [-0.2, -0.15) is 0 Å². The maximum atomic E-state index is 13.5. The standard InChI is InChI=1S/C30H32ClN3O3/c1-20(29(36)32-24-9-2-3-10-24)34(19-21-14-16-23(31)17-15-21)27(35)13-6-18-33-26-12-5-8-22-7-4-11-25(28(22)26)30(33)37/h4-5,7-8,11-12,14-17,20,24H,2-3,6,9-10,13,18-19H2,1H3,(H,32,36)/t20-/m0/s1. The average Bonchev–Trinajstić information content (AvgIpc) is 3.51. The Kier molecular flexibility index (Phi) is 7.47. The molecule has 192 valence electrons. The second kappa shape index (κ2) is 10.9. The highest BCUT2D eigenvalue weighted by atomic mass is 35.5. The van der Waals surface area contributed by atoms with E-state index in [-0.39, 0.29) is 30.2 Å². The van der Waals surface area contributed by atoms with Crippen LogP contribution in [0.3, 0.4) is 0 Å². The molecule has 0 aromatic heterocycles. The van der Waals surface area contributed by atoms with Crippen LogP contribution >= 0.6 is 11.6 Å². The van der Waals surface area contributed by atoms with Gasteiger partial charge in [0, 0.05) is 41.5 Å². The van der Waals surface area contributed by atoms with Crippen molar-refractivity contribution in [2.24, 2.45) is 0 Å². The van der Waals surface area contributed by atoms with Gasteiger partial charge in [-0.25, -0.2) is 0 Å². The molecule has 1 N–H and O–H groups in total. The Morgan fingerprint density at radius 1 is 1.05 bits per heavy atom. The molecule has 0 saturated heterocycles. The maximum Gasteiger partial charge on any atom is 0.258 e. The molecule has 37 heavy (non-hydrogen) atoms. The first kappa shape index (κ1) is 25.3. The number of halogens is 1. The minimum atomic E-state index is -0.602. The number of benzene rings is 3. The Morgan fingerprint density at radius 2 is 1.76 bits per heavy atom. The molecule has 0 bridgehead atoms. The van der Waals surface area contributed by atoms with E-state index in [0.717, 1.165) is 47.7 Å². The molecule has 0 radical (unpaired) electrons. The van der Waals surface area contributed by atoms with E-state index in [0.29, 0.717) is 30.1 Å². The van der Waals surface area contributed by atoms with Crippen LogP contribution in [-0.4, -0.2) is 41.2 Å². The zero-order chi connectivity index (χ0) is 25.9. The molecule has 7 heteroatoms. The summed E-state index contributed by atoms with van der Waals surface area (Å²) in [5, 5.41) is 5.77. The number of hydrogen-bond donors (Lipinski definition) is 1. The van der Waals surface area contributed by atoms with E-state index in [9.17, 15) is 14.4 Å². The van der Waals surface area contributed by atoms with E-state index < -0.39 is 6.04 Å². The van der Waals surface area contributed by atoms with Gasteiger partial charge in [-0.05, 0) is 61.4 Å². The van der Waals surface area contributed by atoms with Crippen molar-refractivity contribution in [1.29, 1.82) is 0 Å². The highest BCUT2D eigenvalue weighted by Gasteiger charge is 2.31. The van der Waals surface area contributed by atoms with Crippen LogP contribution in [-0.2, 0) is 16.1 Å². The predicted molar refractivity (Wildman–Crippen MR) is 147 cm³/mol. The van der Waals surface area contributed by atoms with Gasteiger partial charge in [-0.15, -0.1) is 0 Å². The number of hydrogen-bond acceptors (Lipinski definition) is 3. The average molecular weight is 518 g/mol. The van der Waals surface area contributed by atoms with E-state index in [2.05, 4.69) is 5.32 Å². The minimum absolute atomic E-state index is 0.0263. The summed E-state index contributed by atoms with van der Waals surface area (Å²) in [7, 11) is 0. The molecule has 3 amide bonds. The van der Waals surface area contributed by atoms with E-state index in [4.69, 9.17) is 11.6 Å². The second-order valence-corrected chi connectivity index (χ2v) is 10.5. The van der Waals surface area contributed by atoms with Crippen LogP contribution in [0, 0.1) is 0 Å². The van der Waals surface area contributed by atoms with Crippen molar-refractivity contribution in [3.05, 3.63) is 76.8 Å². The smallest absolute Gasteiger partial charge is 0.258 e. The van der Waals surface area contributed by atoms with Crippen molar-refractivity contribution in [2.45, 2.75) is 64.1 Å². The lowest BCUT2D eigenvalue weighted by Gasteiger charge is -2.30. The van der Waals surface area contributed by atoms with Crippen molar-refractivity contribution in [2.75, 3.05) is 11.4 Å². The quantitative estimate of drug-likeness (QED) is 0.395. The fourth-order valence-electron chi connectivity index (χ4n) is 5.49. The number of amides is 3. The highest BCUT2D eigenvalue weighted by Crippen LogP contribution is 2.37. The Bertz CT molecular complexity index is 1310. The first-order valence-electron chi connectivity index (χ1n) is 13.1. The SMILES string of the molecule is C[C@@H](C(=O)NC1CCCC1)N(Cc1ccc(Cl)cc1)C(=O)CCCN1C(=O)c2cccc3cccc1c23. The lowest BCUT2D eigenvalue weighted by molar-refractivity contribution is -0.141. The molecule has 1 saturated carbocycles. The summed E-state index contributed by atoms with van der Waals surface area (Å²) < 4.78 is 0. The lowest BCUT2D eigenvalue weighted by Crippen LogP contribution is -2.49. The molecule has 1 atom stereocenters. The predicted octanol–water partition coefficient (Wildman–Crippen LogP) is 5.71. The molecule has 0 unspecified atom stereocenters. The zero-order valence-electron chi connectivity index (χ0n) is 21.1. The summed E-state index contributed by atoms with van der Waals surface area (Å²) >= 11 is 6.05. The van der Waals surface area contributed by atoms with Crippen LogP contribution < -0.4 is 10.2 Å². The third-order valence-corrected chi connectivity index (χ3v) is 7.81.